The van der Waals surface area contributed by atoms with Crippen LogP contribution in [0.15, 0.2) is 29.6 Å². The van der Waals surface area contributed by atoms with E-state index in [0.717, 1.165) is 5.69 Å². The predicted molar refractivity (Wildman–Crippen MR) is 53.5 cm³/mol. The molecule has 1 heterocycles. The molecule has 70 valence electrons. The van der Waals surface area contributed by atoms with E-state index >= 15 is 0 Å². The van der Waals surface area contributed by atoms with Crippen LogP contribution in [-0.2, 0) is 13.1 Å². The Balaban J connectivity index is 3.29. The van der Waals surface area contributed by atoms with E-state index in [4.69, 9.17) is 5.73 Å². The van der Waals surface area contributed by atoms with Gasteiger partial charge in [0.1, 0.15) is 0 Å². The van der Waals surface area contributed by atoms with Crippen molar-refractivity contribution in [3.8, 4) is 0 Å². The van der Waals surface area contributed by atoms with Crippen LogP contribution in [0.1, 0.15) is 11.3 Å². The molecule has 2 N–H and O–H groups in total. The smallest absolute Gasteiger partial charge is 0.255 e. The van der Waals surface area contributed by atoms with E-state index < -0.39 is 0 Å². The van der Waals surface area contributed by atoms with Crippen LogP contribution in [0, 0.1) is 6.92 Å². The minimum atomic E-state index is -0.0117. The van der Waals surface area contributed by atoms with Crippen LogP contribution in [-0.4, -0.2) is 4.57 Å². The van der Waals surface area contributed by atoms with E-state index in [1.54, 1.807) is 16.7 Å². The van der Waals surface area contributed by atoms with Gasteiger partial charge in [-0.15, -0.1) is 6.58 Å². The van der Waals surface area contributed by atoms with Gasteiger partial charge in [-0.05, 0) is 13.0 Å². The molecule has 1 aromatic rings. The van der Waals surface area contributed by atoms with Crippen molar-refractivity contribution in [2.75, 3.05) is 0 Å². The third kappa shape index (κ3) is 1.87. The van der Waals surface area contributed by atoms with Crippen molar-refractivity contribution in [2.24, 2.45) is 5.73 Å². The third-order valence-corrected chi connectivity index (χ3v) is 2.00. The predicted octanol–water partition coefficient (Wildman–Crippen LogP) is 0.801. The lowest BCUT2D eigenvalue weighted by molar-refractivity contribution is 0.732. The van der Waals surface area contributed by atoms with Gasteiger partial charge in [0.25, 0.3) is 5.56 Å². The summed E-state index contributed by atoms with van der Waals surface area (Å²) >= 11 is 0. The number of allylic oxidation sites excluding steroid dienone is 1. The molecule has 0 atom stereocenters. The van der Waals surface area contributed by atoms with Crippen LogP contribution in [0.3, 0.4) is 0 Å². The highest BCUT2D eigenvalue weighted by Crippen LogP contribution is 1.97. The number of aryl methyl sites for hydroxylation is 1. The lowest BCUT2D eigenvalue weighted by atomic mass is 10.2. The molecule has 0 unspecified atom stereocenters. The van der Waals surface area contributed by atoms with E-state index in [1.807, 2.05) is 13.0 Å². The Bertz CT molecular complexity index is 366. The molecule has 13 heavy (non-hydrogen) atoms. The Morgan fingerprint density at radius 1 is 1.62 bits per heavy atom. The van der Waals surface area contributed by atoms with Gasteiger partial charge in [0.2, 0.25) is 0 Å². The Morgan fingerprint density at radius 2 is 2.31 bits per heavy atom. The molecule has 0 saturated heterocycles. The molecule has 0 bridgehead atoms. The molecule has 0 fully saturated rings. The Hall–Kier alpha value is -1.35. The second kappa shape index (κ2) is 4.05. The highest BCUT2D eigenvalue weighted by molar-refractivity contribution is 5.15. The maximum atomic E-state index is 11.6. The van der Waals surface area contributed by atoms with Crippen LogP contribution >= 0.6 is 0 Å². The zero-order valence-electron chi connectivity index (χ0n) is 7.79. The minimum Gasteiger partial charge on any atom is -0.326 e. The van der Waals surface area contributed by atoms with Gasteiger partial charge in [0, 0.05) is 24.3 Å². The average molecular weight is 178 g/mol. The van der Waals surface area contributed by atoms with Gasteiger partial charge in [-0.1, -0.05) is 12.1 Å². The molecule has 0 aliphatic heterocycles. The first-order valence-corrected chi connectivity index (χ1v) is 4.21. The number of nitrogens with zero attached hydrogens (tertiary/aromatic N) is 1. The van der Waals surface area contributed by atoms with Crippen molar-refractivity contribution in [1.82, 2.24) is 4.57 Å². The van der Waals surface area contributed by atoms with Crippen LogP contribution in [0.5, 0.6) is 0 Å². The monoisotopic (exact) mass is 178 g/mol. The highest BCUT2D eigenvalue weighted by Gasteiger charge is 2.02. The average Bonchev–Trinajstić information content (AvgIpc) is 2.12. The summed E-state index contributed by atoms with van der Waals surface area (Å²) in [5, 5.41) is 0. The maximum Gasteiger partial charge on any atom is 0.255 e. The van der Waals surface area contributed by atoms with Gasteiger partial charge >= 0.3 is 0 Å². The molecular weight excluding hydrogens is 164 g/mol. The minimum absolute atomic E-state index is 0.0117. The molecule has 0 spiro atoms. The summed E-state index contributed by atoms with van der Waals surface area (Å²) in [4.78, 5) is 11.6. The Labute approximate surface area is 77.5 Å². The fraction of sp³-hybridized carbons (Fsp3) is 0.300. The molecule has 0 saturated carbocycles. The van der Waals surface area contributed by atoms with Crippen molar-refractivity contribution >= 4 is 0 Å². The van der Waals surface area contributed by atoms with Crippen molar-refractivity contribution in [3.63, 3.8) is 0 Å². The molecule has 3 heteroatoms. The van der Waals surface area contributed by atoms with Crippen LogP contribution < -0.4 is 11.3 Å². The third-order valence-electron chi connectivity index (χ3n) is 2.00. The normalized spacial score (nSPS) is 10.0. The van der Waals surface area contributed by atoms with E-state index in [2.05, 4.69) is 6.58 Å². The maximum absolute atomic E-state index is 11.6. The van der Waals surface area contributed by atoms with E-state index in [0.29, 0.717) is 12.1 Å². The van der Waals surface area contributed by atoms with Gasteiger partial charge in [-0.2, -0.15) is 0 Å². The number of hydrogen-bond acceptors (Lipinski definition) is 2. The zero-order chi connectivity index (χ0) is 9.84. The van der Waals surface area contributed by atoms with Gasteiger partial charge in [-0.3, -0.25) is 4.79 Å². The molecule has 3 nitrogen and oxygen atoms in total. The fourth-order valence-corrected chi connectivity index (χ4v) is 1.23. The summed E-state index contributed by atoms with van der Waals surface area (Å²) in [7, 11) is 0. The quantitative estimate of drug-likeness (QED) is 0.696. The van der Waals surface area contributed by atoms with Gasteiger partial charge in [0.05, 0.1) is 0 Å². The second-order valence-corrected chi connectivity index (χ2v) is 2.91. The van der Waals surface area contributed by atoms with Crippen molar-refractivity contribution in [3.05, 3.63) is 46.4 Å². The first kappa shape index (κ1) is 9.74. The fourth-order valence-electron chi connectivity index (χ4n) is 1.23. The van der Waals surface area contributed by atoms with Gasteiger partial charge < -0.3 is 10.3 Å². The lowest BCUT2D eigenvalue weighted by Gasteiger charge is -2.08. The second-order valence-electron chi connectivity index (χ2n) is 2.91. The summed E-state index contributed by atoms with van der Waals surface area (Å²) < 4.78 is 1.66. The molecular formula is C10H14N2O. The number of aromatic nitrogens is 1. The lowest BCUT2D eigenvalue weighted by Crippen LogP contribution is -2.26. The van der Waals surface area contributed by atoms with Crippen molar-refractivity contribution in [1.29, 1.82) is 0 Å². The standard InChI is InChI=1S/C10H14N2O/c1-3-6-12-8(2)4-5-9(7-11)10(12)13/h3-5H,1,6-7,11H2,2H3. The van der Waals surface area contributed by atoms with E-state index in [9.17, 15) is 4.79 Å². The molecule has 0 aliphatic rings. The Kier molecular flexibility index (Phi) is 3.03. The summed E-state index contributed by atoms with van der Waals surface area (Å²) in [6, 6.07) is 3.67. The molecule has 0 aromatic carbocycles. The van der Waals surface area contributed by atoms with Gasteiger partial charge in [-0.25, -0.2) is 0 Å². The summed E-state index contributed by atoms with van der Waals surface area (Å²) in [5.41, 5.74) is 6.99. The number of hydrogen-bond donors (Lipinski definition) is 1. The number of nitrogens with two attached hydrogens (primary N) is 1. The summed E-state index contributed by atoms with van der Waals surface area (Å²) in [5.74, 6) is 0. The van der Waals surface area contributed by atoms with Crippen molar-refractivity contribution in [2.45, 2.75) is 20.0 Å². The first-order valence-electron chi connectivity index (χ1n) is 4.21. The first-order chi connectivity index (χ1) is 6.20. The number of rotatable bonds is 3. The van der Waals surface area contributed by atoms with Crippen LogP contribution in [0.2, 0.25) is 0 Å². The zero-order valence-corrected chi connectivity index (χ0v) is 7.79. The molecule has 0 radical (unpaired) electrons. The molecule has 1 rings (SSSR count). The molecule has 1 aromatic heterocycles. The molecule has 0 amide bonds. The van der Waals surface area contributed by atoms with Crippen LogP contribution in [0.25, 0.3) is 0 Å². The van der Waals surface area contributed by atoms with Crippen molar-refractivity contribution < 1.29 is 0 Å². The van der Waals surface area contributed by atoms with Crippen LogP contribution in [0.4, 0.5) is 0 Å². The Morgan fingerprint density at radius 3 is 2.85 bits per heavy atom. The van der Waals surface area contributed by atoms with Gasteiger partial charge in [0.15, 0.2) is 0 Å². The van der Waals surface area contributed by atoms with E-state index in [-0.39, 0.29) is 12.1 Å². The largest absolute Gasteiger partial charge is 0.326 e. The number of pyridine rings is 1. The summed E-state index contributed by atoms with van der Waals surface area (Å²) in [6.07, 6.45) is 1.70. The summed E-state index contributed by atoms with van der Waals surface area (Å²) in [6.45, 7) is 6.32. The topological polar surface area (TPSA) is 48.0 Å². The van der Waals surface area contributed by atoms with E-state index in [1.165, 1.54) is 0 Å². The highest BCUT2D eigenvalue weighted by atomic mass is 16.1. The SMILES string of the molecule is C=CCn1c(C)ccc(CN)c1=O. The molecule has 0 aliphatic carbocycles.